The highest BCUT2D eigenvalue weighted by Gasteiger charge is 2.49. The summed E-state index contributed by atoms with van der Waals surface area (Å²) < 4.78 is 1.77. The molecule has 6 heteroatoms. The lowest BCUT2D eigenvalue weighted by Gasteiger charge is -2.43. The third-order valence-corrected chi connectivity index (χ3v) is 6.01. The molecule has 3 unspecified atom stereocenters. The number of aliphatic imine (C=N–C) groups is 1. The maximum Gasteiger partial charge on any atom is 0.0914 e. The van der Waals surface area contributed by atoms with Crippen molar-refractivity contribution < 1.29 is 0 Å². The third kappa shape index (κ3) is 2.61. The first-order chi connectivity index (χ1) is 12.2. The van der Waals surface area contributed by atoms with Gasteiger partial charge in [0.2, 0.25) is 0 Å². The van der Waals surface area contributed by atoms with Crippen LogP contribution in [0.25, 0.3) is 0 Å². The van der Waals surface area contributed by atoms with Crippen molar-refractivity contribution in [2.75, 3.05) is 26.2 Å². The van der Waals surface area contributed by atoms with Gasteiger partial charge in [0.05, 0.1) is 18.7 Å². The van der Waals surface area contributed by atoms with Gasteiger partial charge in [-0.1, -0.05) is 12.2 Å². The summed E-state index contributed by atoms with van der Waals surface area (Å²) in [6.07, 6.45) is 12.7. The molecule has 4 rings (SSSR count). The first-order valence-corrected chi connectivity index (χ1v) is 9.10. The van der Waals surface area contributed by atoms with Crippen LogP contribution >= 0.6 is 11.8 Å². The maximum absolute atomic E-state index is 9.08. The van der Waals surface area contributed by atoms with E-state index in [1.165, 1.54) is 11.3 Å². The standard InChI is InChI=1S/C19H22ClN5/c1-14-11-22-7-9-24(14)17-5-8-25(20)18-3-2-15(4-6-21)10-19(18)13-23-12-16(17)19/h2-5,8,12,14,18,22H,7,9-11,13H2,1H3/b15-4-. The Morgan fingerprint density at radius 1 is 1.48 bits per heavy atom. The van der Waals surface area contributed by atoms with Gasteiger partial charge in [0.25, 0.3) is 0 Å². The lowest BCUT2D eigenvalue weighted by atomic mass is 9.67. The average molecular weight is 356 g/mol. The van der Waals surface area contributed by atoms with Crippen molar-refractivity contribution >= 4 is 18.0 Å². The lowest BCUT2D eigenvalue weighted by molar-refractivity contribution is 0.217. The predicted octanol–water partition coefficient (Wildman–Crippen LogP) is 2.37. The summed E-state index contributed by atoms with van der Waals surface area (Å²) in [6, 6.07) is 2.62. The largest absolute Gasteiger partial charge is 0.366 e. The van der Waals surface area contributed by atoms with Crippen molar-refractivity contribution in [2.45, 2.75) is 25.4 Å². The van der Waals surface area contributed by atoms with Gasteiger partial charge in [-0.05, 0) is 25.0 Å². The van der Waals surface area contributed by atoms with E-state index in [1.54, 1.807) is 10.5 Å². The molecule has 3 heterocycles. The Labute approximate surface area is 153 Å². The Morgan fingerprint density at radius 2 is 2.36 bits per heavy atom. The van der Waals surface area contributed by atoms with Crippen LogP contribution in [0.4, 0.5) is 0 Å². The fraction of sp³-hybridized carbons (Fsp3) is 0.474. The maximum atomic E-state index is 9.08. The topological polar surface area (TPSA) is 54.7 Å². The van der Waals surface area contributed by atoms with Crippen LogP contribution in [-0.2, 0) is 0 Å². The second-order valence-electron chi connectivity index (χ2n) is 7.16. The van der Waals surface area contributed by atoms with Crippen molar-refractivity contribution in [3.63, 3.8) is 0 Å². The van der Waals surface area contributed by atoms with Gasteiger partial charge in [-0.15, -0.1) is 0 Å². The molecule has 130 valence electrons. The van der Waals surface area contributed by atoms with E-state index in [2.05, 4.69) is 40.4 Å². The van der Waals surface area contributed by atoms with E-state index < -0.39 is 0 Å². The number of piperazine rings is 1. The molecule has 0 aromatic rings. The molecule has 0 radical (unpaired) electrons. The van der Waals surface area contributed by atoms with Gasteiger partial charge in [0, 0.05) is 72.6 Å². The molecule has 0 amide bonds. The molecule has 0 aromatic heterocycles. The average Bonchev–Trinajstić information content (AvgIpc) is 2.95. The normalized spacial score (nSPS) is 35.6. The molecule has 3 aliphatic heterocycles. The first-order valence-electron chi connectivity index (χ1n) is 8.77. The second kappa shape index (κ2) is 6.36. The van der Waals surface area contributed by atoms with Gasteiger partial charge in [-0.2, -0.15) is 5.26 Å². The Kier molecular flexibility index (Phi) is 4.18. The van der Waals surface area contributed by atoms with Gasteiger partial charge in [0.15, 0.2) is 0 Å². The minimum Gasteiger partial charge on any atom is -0.366 e. The molecule has 0 bridgehead atoms. The van der Waals surface area contributed by atoms with E-state index in [0.29, 0.717) is 12.6 Å². The number of halogens is 1. The molecule has 1 saturated heterocycles. The van der Waals surface area contributed by atoms with E-state index in [4.69, 9.17) is 17.0 Å². The number of nitrogens with zero attached hydrogens (tertiary/aromatic N) is 4. The number of nitrogens with one attached hydrogen (secondary N) is 1. The molecule has 1 spiro atoms. The zero-order valence-electron chi connectivity index (χ0n) is 14.3. The number of hydrogen-bond donors (Lipinski definition) is 1. The zero-order valence-corrected chi connectivity index (χ0v) is 15.1. The summed E-state index contributed by atoms with van der Waals surface area (Å²) >= 11 is 6.62. The van der Waals surface area contributed by atoms with Gasteiger partial charge in [-0.3, -0.25) is 9.41 Å². The fourth-order valence-corrected chi connectivity index (χ4v) is 4.75. The van der Waals surface area contributed by atoms with Crippen LogP contribution in [0.15, 0.2) is 52.3 Å². The monoisotopic (exact) mass is 355 g/mol. The number of nitriles is 1. The van der Waals surface area contributed by atoms with Gasteiger partial charge >= 0.3 is 0 Å². The predicted molar refractivity (Wildman–Crippen MR) is 99.9 cm³/mol. The highest BCUT2D eigenvalue weighted by Crippen LogP contribution is 2.49. The molecule has 25 heavy (non-hydrogen) atoms. The summed E-state index contributed by atoms with van der Waals surface area (Å²) in [6.45, 7) is 5.87. The minimum absolute atomic E-state index is 0.0366. The third-order valence-electron chi connectivity index (χ3n) is 5.69. The fourth-order valence-electron chi connectivity index (χ4n) is 4.44. The van der Waals surface area contributed by atoms with E-state index in [-0.39, 0.29) is 11.5 Å². The number of rotatable bonds is 1. The van der Waals surface area contributed by atoms with E-state index in [9.17, 15) is 0 Å². The van der Waals surface area contributed by atoms with Crippen molar-refractivity contribution in [1.82, 2.24) is 14.6 Å². The molecule has 1 N–H and O–H groups in total. The molecular formula is C19H22ClN5. The summed E-state index contributed by atoms with van der Waals surface area (Å²) in [7, 11) is 0. The molecule has 1 fully saturated rings. The van der Waals surface area contributed by atoms with Crippen LogP contribution < -0.4 is 5.32 Å². The quantitative estimate of drug-likeness (QED) is 0.579. The van der Waals surface area contributed by atoms with Crippen LogP contribution in [0.5, 0.6) is 0 Å². The number of hydrogen-bond acceptors (Lipinski definition) is 5. The van der Waals surface area contributed by atoms with Gasteiger partial charge < -0.3 is 10.2 Å². The first kappa shape index (κ1) is 16.4. The summed E-state index contributed by atoms with van der Waals surface area (Å²) in [5, 5.41) is 12.5. The highest BCUT2D eigenvalue weighted by atomic mass is 35.5. The Hall–Kier alpha value is -2.03. The molecule has 5 nitrogen and oxygen atoms in total. The Balaban J connectivity index is 1.84. The minimum atomic E-state index is -0.206. The van der Waals surface area contributed by atoms with Crippen LogP contribution in [0.2, 0.25) is 0 Å². The molecule has 4 aliphatic rings. The van der Waals surface area contributed by atoms with Crippen molar-refractivity contribution in [2.24, 2.45) is 10.4 Å². The Bertz CT molecular complexity index is 756. The van der Waals surface area contributed by atoms with Gasteiger partial charge in [0.1, 0.15) is 0 Å². The molecule has 0 aromatic carbocycles. The zero-order chi connectivity index (χ0) is 17.4. The Morgan fingerprint density at radius 3 is 3.16 bits per heavy atom. The van der Waals surface area contributed by atoms with E-state index >= 15 is 0 Å². The summed E-state index contributed by atoms with van der Waals surface area (Å²) in [5.41, 5.74) is 3.30. The van der Waals surface area contributed by atoms with Crippen LogP contribution in [0, 0.1) is 16.7 Å². The summed E-state index contributed by atoms with van der Waals surface area (Å²) in [5.74, 6) is 0. The highest BCUT2D eigenvalue weighted by molar-refractivity contribution is 6.14. The van der Waals surface area contributed by atoms with Crippen molar-refractivity contribution in [3.8, 4) is 6.07 Å². The van der Waals surface area contributed by atoms with E-state index in [0.717, 1.165) is 31.6 Å². The SMILES string of the molecule is CC1CNCCN1C1=C2C=NCC23C/C(=C\C#N)C=CC3N(Cl)C=C1. The molecule has 3 atom stereocenters. The van der Waals surface area contributed by atoms with Gasteiger partial charge in [-0.25, -0.2) is 0 Å². The molecule has 0 saturated carbocycles. The van der Waals surface area contributed by atoms with Crippen molar-refractivity contribution in [3.05, 3.63) is 47.3 Å². The van der Waals surface area contributed by atoms with E-state index in [1.807, 2.05) is 18.5 Å². The lowest BCUT2D eigenvalue weighted by Crippen LogP contribution is -2.50. The summed E-state index contributed by atoms with van der Waals surface area (Å²) in [4.78, 5) is 7.11. The second-order valence-corrected chi connectivity index (χ2v) is 7.55. The number of allylic oxidation sites excluding steroid dienone is 4. The van der Waals surface area contributed by atoms with Crippen LogP contribution in [-0.4, -0.2) is 53.8 Å². The van der Waals surface area contributed by atoms with Crippen molar-refractivity contribution in [1.29, 1.82) is 5.26 Å². The molecular weight excluding hydrogens is 334 g/mol. The molecule has 1 aliphatic carbocycles. The smallest absolute Gasteiger partial charge is 0.0914 e. The van der Waals surface area contributed by atoms with Crippen LogP contribution in [0.1, 0.15) is 13.3 Å². The van der Waals surface area contributed by atoms with Crippen LogP contribution in [0.3, 0.4) is 0 Å².